The molecule has 0 N–H and O–H groups in total. The Bertz CT molecular complexity index is 1110. The average Bonchev–Trinajstić information content (AvgIpc) is 2.74. The predicted molar refractivity (Wildman–Crippen MR) is 113 cm³/mol. The first-order valence-corrected chi connectivity index (χ1v) is 13.2. The summed E-state index contributed by atoms with van der Waals surface area (Å²) in [5.41, 5.74) is 0.541. The number of ether oxygens (including phenoxy) is 1. The summed E-state index contributed by atoms with van der Waals surface area (Å²) in [7, 11) is -7.53. The van der Waals surface area contributed by atoms with Crippen LogP contribution in [0, 0.1) is 0 Å². The van der Waals surface area contributed by atoms with Gasteiger partial charge in [0.25, 0.3) is 10.0 Å². The van der Waals surface area contributed by atoms with Crippen LogP contribution in [0.25, 0.3) is 0 Å². The van der Waals surface area contributed by atoms with Crippen LogP contribution in [-0.2, 0) is 24.8 Å². The second-order valence-corrected chi connectivity index (χ2v) is 11.9. The Hall–Kier alpha value is -1.30. The Balaban J connectivity index is 1.65. The normalized spacial score (nSPS) is 18.4. The van der Waals surface area contributed by atoms with Gasteiger partial charge in [-0.2, -0.15) is 4.31 Å². The molecule has 0 aliphatic carbocycles. The van der Waals surface area contributed by atoms with E-state index >= 15 is 0 Å². The van der Waals surface area contributed by atoms with Crippen LogP contribution in [0.1, 0.15) is 0 Å². The van der Waals surface area contributed by atoms with Crippen molar-refractivity contribution in [3.8, 4) is 0 Å². The van der Waals surface area contributed by atoms with Gasteiger partial charge in [-0.15, -0.1) is 11.8 Å². The molecule has 1 saturated heterocycles. The van der Waals surface area contributed by atoms with Gasteiger partial charge >= 0.3 is 0 Å². The van der Waals surface area contributed by atoms with Gasteiger partial charge in [-0.1, -0.05) is 11.6 Å². The molecule has 0 radical (unpaired) electrons. The molecule has 0 atom stereocenters. The van der Waals surface area contributed by atoms with Gasteiger partial charge in [0.15, 0.2) is 0 Å². The van der Waals surface area contributed by atoms with Crippen LogP contribution in [0.4, 0.5) is 5.69 Å². The second kappa shape index (κ2) is 8.09. The van der Waals surface area contributed by atoms with Crippen molar-refractivity contribution >= 4 is 49.1 Å². The number of fused-ring (bicyclic) bond motifs is 1. The Kier molecular flexibility index (Phi) is 5.84. The van der Waals surface area contributed by atoms with Gasteiger partial charge in [0.2, 0.25) is 10.0 Å². The molecule has 0 bridgehead atoms. The average molecular weight is 475 g/mol. The number of nitrogens with zero attached hydrogens (tertiary/aromatic N) is 2. The molecule has 0 aromatic heterocycles. The van der Waals surface area contributed by atoms with Crippen molar-refractivity contribution in [3.05, 3.63) is 47.5 Å². The molecule has 0 saturated carbocycles. The third kappa shape index (κ3) is 4.01. The highest BCUT2D eigenvalue weighted by Gasteiger charge is 2.31. The van der Waals surface area contributed by atoms with Crippen molar-refractivity contribution in [2.45, 2.75) is 14.7 Å². The molecule has 2 aliphatic rings. The summed E-state index contributed by atoms with van der Waals surface area (Å²) in [6.07, 6.45) is 0. The number of morpholine rings is 1. The monoisotopic (exact) mass is 474 g/mol. The molecule has 2 heterocycles. The van der Waals surface area contributed by atoms with Crippen molar-refractivity contribution in [2.24, 2.45) is 0 Å². The Morgan fingerprint density at radius 1 is 0.862 bits per heavy atom. The van der Waals surface area contributed by atoms with E-state index in [2.05, 4.69) is 0 Å². The Morgan fingerprint density at radius 3 is 2.14 bits per heavy atom. The first kappa shape index (κ1) is 21.0. The van der Waals surface area contributed by atoms with Gasteiger partial charge in [-0.3, -0.25) is 4.31 Å². The first-order chi connectivity index (χ1) is 13.8. The molecule has 0 spiro atoms. The number of thioether (sulfide) groups is 1. The summed E-state index contributed by atoms with van der Waals surface area (Å²) in [6.45, 7) is 1.58. The van der Waals surface area contributed by atoms with Crippen molar-refractivity contribution in [3.63, 3.8) is 0 Å². The molecule has 0 amide bonds. The van der Waals surface area contributed by atoms with Gasteiger partial charge in [0, 0.05) is 35.3 Å². The van der Waals surface area contributed by atoms with Crippen LogP contribution in [0.2, 0.25) is 5.02 Å². The maximum absolute atomic E-state index is 13.2. The van der Waals surface area contributed by atoms with Crippen LogP contribution in [0.5, 0.6) is 0 Å². The van der Waals surface area contributed by atoms with Crippen LogP contribution in [-0.4, -0.2) is 59.7 Å². The van der Waals surface area contributed by atoms with E-state index in [1.54, 1.807) is 23.9 Å². The molecule has 2 aliphatic heterocycles. The highest BCUT2D eigenvalue weighted by Crippen LogP contribution is 2.39. The predicted octanol–water partition coefficient (Wildman–Crippen LogP) is 2.66. The minimum Gasteiger partial charge on any atom is -0.379 e. The van der Waals surface area contributed by atoms with Crippen LogP contribution >= 0.6 is 23.4 Å². The van der Waals surface area contributed by atoms with Gasteiger partial charge in [0.05, 0.1) is 28.7 Å². The summed E-state index contributed by atoms with van der Waals surface area (Å²) in [5.74, 6) is 0.622. The number of hydrogen-bond donors (Lipinski definition) is 0. The first-order valence-electron chi connectivity index (χ1n) is 8.93. The summed E-state index contributed by atoms with van der Waals surface area (Å²) in [4.78, 5) is 0.947. The molecule has 0 unspecified atom stereocenters. The number of benzene rings is 2. The van der Waals surface area contributed by atoms with E-state index in [1.807, 2.05) is 6.07 Å². The number of hydrogen-bond acceptors (Lipinski definition) is 6. The molecule has 2 aromatic rings. The van der Waals surface area contributed by atoms with E-state index < -0.39 is 20.0 Å². The molecule has 156 valence electrons. The standard InChI is InChI=1S/C18H19ClN2O5S3/c19-14-1-6-18-17(13-14)21(9-12-27-18)29(24,25)16-4-2-15(3-5-16)28(22,23)20-7-10-26-11-8-20/h1-6,13H,7-12H2. The Labute approximate surface area is 179 Å². The number of anilines is 1. The summed E-state index contributed by atoms with van der Waals surface area (Å²) >= 11 is 7.65. The van der Waals surface area contributed by atoms with Crippen LogP contribution in [0.3, 0.4) is 0 Å². The summed E-state index contributed by atoms with van der Waals surface area (Å²) in [5, 5.41) is 0.457. The summed E-state index contributed by atoms with van der Waals surface area (Å²) < 4.78 is 59.8. The zero-order valence-corrected chi connectivity index (χ0v) is 18.5. The molecule has 11 heteroatoms. The fourth-order valence-corrected chi connectivity index (χ4v) is 7.46. The summed E-state index contributed by atoms with van der Waals surface area (Å²) in [6, 6.07) is 10.5. The minimum atomic E-state index is -3.85. The second-order valence-electron chi connectivity index (χ2n) is 6.53. The maximum Gasteiger partial charge on any atom is 0.264 e. The molecule has 2 aromatic carbocycles. The fraction of sp³-hybridized carbons (Fsp3) is 0.333. The maximum atomic E-state index is 13.2. The topological polar surface area (TPSA) is 84.0 Å². The third-order valence-corrected chi connectivity index (χ3v) is 9.78. The van der Waals surface area contributed by atoms with E-state index in [1.165, 1.54) is 32.9 Å². The SMILES string of the molecule is O=S(=O)(c1ccc(S(=O)(=O)N2CCSc3ccc(Cl)cc32)cc1)N1CCOCC1. The fourth-order valence-electron chi connectivity index (χ4n) is 3.26. The largest absolute Gasteiger partial charge is 0.379 e. The van der Waals surface area contributed by atoms with Gasteiger partial charge in [-0.05, 0) is 42.5 Å². The molecular weight excluding hydrogens is 456 g/mol. The number of rotatable bonds is 4. The van der Waals surface area contributed by atoms with E-state index in [9.17, 15) is 16.8 Å². The van der Waals surface area contributed by atoms with Crippen molar-refractivity contribution in [1.82, 2.24) is 4.31 Å². The molecule has 7 nitrogen and oxygen atoms in total. The molecular formula is C18H19ClN2O5S3. The zero-order chi connectivity index (χ0) is 20.6. The minimum absolute atomic E-state index is 0.0382. The van der Waals surface area contributed by atoms with Gasteiger partial charge in [-0.25, -0.2) is 16.8 Å². The zero-order valence-electron chi connectivity index (χ0n) is 15.3. The van der Waals surface area contributed by atoms with E-state index in [4.69, 9.17) is 16.3 Å². The quantitative estimate of drug-likeness (QED) is 0.677. The third-order valence-electron chi connectivity index (χ3n) is 4.76. The molecule has 29 heavy (non-hydrogen) atoms. The number of halogens is 1. The van der Waals surface area contributed by atoms with Crippen molar-refractivity contribution in [1.29, 1.82) is 0 Å². The van der Waals surface area contributed by atoms with Crippen LogP contribution in [0.15, 0.2) is 57.2 Å². The lowest BCUT2D eigenvalue weighted by molar-refractivity contribution is 0.0730. The lowest BCUT2D eigenvalue weighted by Gasteiger charge is -2.30. The number of sulfonamides is 2. The lowest BCUT2D eigenvalue weighted by atomic mass is 10.3. The van der Waals surface area contributed by atoms with E-state index in [-0.39, 0.29) is 22.9 Å². The van der Waals surface area contributed by atoms with Crippen molar-refractivity contribution < 1.29 is 21.6 Å². The van der Waals surface area contributed by atoms with E-state index in [0.29, 0.717) is 36.2 Å². The molecule has 1 fully saturated rings. The highest BCUT2D eigenvalue weighted by molar-refractivity contribution is 8.00. The van der Waals surface area contributed by atoms with Gasteiger partial charge < -0.3 is 4.74 Å². The Morgan fingerprint density at radius 2 is 1.48 bits per heavy atom. The van der Waals surface area contributed by atoms with Gasteiger partial charge in [0.1, 0.15) is 0 Å². The lowest BCUT2D eigenvalue weighted by Crippen LogP contribution is -2.40. The van der Waals surface area contributed by atoms with Crippen molar-refractivity contribution in [2.75, 3.05) is 42.9 Å². The highest BCUT2D eigenvalue weighted by atomic mass is 35.5. The van der Waals surface area contributed by atoms with E-state index in [0.717, 1.165) is 4.90 Å². The molecule has 4 rings (SSSR count). The smallest absolute Gasteiger partial charge is 0.264 e. The van der Waals surface area contributed by atoms with Crippen LogP contribution < -0.4 is 4.31 Å².